The molecule has 0 fully saturated rings. The number of carbonyl (C=O) groups is 1. The second-order valence-corrected chi connectivity index (χ2v) is 5.41. The molecule has 0 aromatic heterocycles. The van der Waals surface area contributed by atoms with Gasteiger partial charge in [0.05, 0.1) is 20.8 Å². The lowest BCUT2D eigenvalue weighted by atomic mass is 10.2. The molecule has 2 aromatic rings. The molecule has 6 nitrogen and oxygen atoms in total. The number of halogens is 2. The van der Waals surface area contributed by atoms with Gasteiger partial charge in [-0.25, -0.2) is 0 Å². The predicted octanol–water partition coefficient (Wildman–Crippen LogP) is 4.36. The van der Waals surface area contributed by atoms with Gasteiger partial charge in [0.25, 0.3) is 0 Å². The minimum Gasteiger partial charge on any atom is -0.493 e. The number of ether oxygens (including phenoxy) is 4. The molecule has 0 saturated heterocycles. The summed E-state index contributed by atoms with van der Waals surface area (Å²) in [5.74, 6) is 0.762. The normalized spacial score (nSPS) is 10.8. The summed E-state index contributed by atoms with van der Waals surface area (Å²) in [6.07, 6.45) is 2.85. The van der Waals surface area contributed by atoms with Crippen LogP contribution in [0.4, 0.5) is 14.5 Å². The van der Waals surface area contributed by atoms with E-state index < -0.39 is 6.61 Å². The maximum atomic E-state index is 12.4. The zero-order valence-corrected chi connectivity index (χ0v) is 15.7. The number of carbonyl (C=O) groups excluding carboxylic acids is 1. The van der Waals surface area contributed by atoms with Gasteiger partial charge in [0.15, 0.2) is 23.0 Å². The average molecular weight is 393 g/mol. The van der Waals surface area contributed by atoms with E-state index in [0.29, 0.717) is 22.7 Å². The number of hydrogen-bond acceptors (Lipinski definition) is 5. The zero-order chi connectivity index (χ0) is 20.5. The maximum Gasteiger partial charge on any atom is 0.387 e. The molecular formula is C20H21F2NO5. The van der Waals surface area contributed by atoms with E-state index in [0.717, 1.165) is 0 Å². The Morgan fingerprint density at radius 2 is 1.75 bits per heavy atom. The van der Waals surface area contributed by atoms with Crippen molar-refractivity contribution in [2.75, 3.05) is 26.1 Å². The monoisotopic (exact) mass is 393 g/mol. The molecule has 0 atom stereocenters. The van der Waals surface area contributed by atoms with Crippen molar-refractivity contribution in [3.8, 4) is 23.0 Å². The SMILES string of the molecule is CCOc1cc(/C=C/C(=O)Nc2ccc(OC)c(OC)c2)ccc1OC(F)F. The lowest BCUT2D eigenvalue weighted by Gasteiger charge is -2.11. The summed E-state index contributed by atoms with van der Waals surface area (Å²) in [7, 11) is 3.02. The van der Waals surface area contributed by atoms with Gasteiger partial charge < -0.3 is 24.3 Å². The van der Waals surface area contributed by atoms with E-state index in [-0.39, 0.29) is 24.0 Å². The van der Waals surface area contributed by atoms with Gasteiger partial charge in [-0.2, -0.15) is 8.78 Å². The Balaban J connectivity index is 2.10. The molecule has 0 spiro atoms. The largest absolute Gasteiger partial charge is 0.493 e. The molecule has 8 heteroatoms. The van der Waals surface area contributed by atoms with Crippen LogP contribution in [0, 0.1) is 0 Å². The third-order valence-corrected chi connectivity index (χ3v) is 3.56. The van der Waals surface area contributed by atoms with Gasteiger partial charge in [-0.05, 0) is 42.8 Å². The molecule has 1 amide bonds. The molecule has 0 aliphatic carbocycles. The molecule has 0 heterocycles. The quantitative estimate of drug-likeness (QED) is 0.642. The standard InChI is InChI=1S/C20H21F2NO5/c1-4-27-18-11-13(5-8-16(18)28-20(21)22)6-10-19(24)23-14-7-9-15(25-2)17(12-14)26-3/h5-12,20H,4H2,1-3H3,(H,23,24)/b10-6+. The highest BCUT2D eigenvalue weighted by atomic mass is 19.3. The van der Waals surface area contributed by atoms with Gasteiger partial charge in [0, 0.05) is 17.8 Å². The number of rotatable bonds is 9. The molecule has 0 radical (unpaired) electrons. The Kier molecular flexibility index (Phi) is 7.62. The minimum atomic E-state index is -2.95. The van der Waals surface area contributed by atoms with Crippen molar-refractivity contribution in [3.63, 3.8) is 0 Å². The summed E-state index contributed by atoms with van der Waals surface area (Å²) in [6.45, 7) is -0.939. The number of nitrogens with one attached hydrogen (secondary N) is 1. The summed E-state index contributed by atoms with van der Waals surface area (Å²) >= 11 is 0. The van der Waals surface area contributed by atoms with E-state index in [9.17, 15) is 13.6 Å². The highest BCUT2D eigenvalue weighted by Crippen LogP contribution is 2.31. The van der Waals surface area contributed by atoms with E-state index in [2.05, 4.69) is 10.1 Å². The van der Waals surface area contributed by atoms with Crippen LogP contribution in [0.25, 0.3) is 6.08 Å². The van der Waals surface area contributed by atoms with Gasteiger partial charge in [-0.1, -0.05) is 6.07 Å². The number of alkyl halides is 2. The fraction of sp³-hybridized carbons (Fsp3) is 0.250. The first-order valence-corrected chi connectivity index (χ1v) is 8.39. The number of methoxy groups -OCH3 is 2. The summed E-state index contributed by atoms with van der Waals surface area (Å²) in [4.78, 5) is 12.1. The molecule has 150 valence electrons. The number of hydrogen-bond donors (Lipinski definition) is 1. The minimum absolute atomic E-state index is 0.0659. The van der Waals surface area contributed by atoms with Crippen molar-refractivity contribution >= 4 is 17.7 Å². The van der Waals surface area contributed by atoms with E-state index in [1.54, 1.807) is 31.2 Å². The smallest absolute Gasteiger partial charge is 0.387 e. The van der Waals surface area contributed by atoms with Crippen molar-refractivity contribution in [2.45, 2.75) is 13.5 Å². The first kappa shape index (κ1) is 21.0. The number of amides is 1. The lowest BCUT2D eigenvalue weighted by molar-refractivity contribution is -0.111. The van der Waals surface area contributed by atoms with Gasteiger partial charge in [-0.3, -0.25) is 4.79 Å². The zero-order valence-electron chi connectivity index (χ0n) is 15.7. The van der Waals surface area contributed by atoms with E-state index in [1.165, 1.54) is 38.5 Å². The number of anilines is 1. The molecule has 0 bridgehead atoms. The Bertz CT molecular complexity index is 839. The van der Waals surface area contributed by atoms with Crippen molar-refractivity contribution in [3.05, 3.63) is 48.0 Å². The highest BCUT2D eigenvalue weighted by Gasteiger charge is 2.11. The van der Waals surface area contributed by atoms with E-state index in [1.807, 2.05) is 0 Å². The molecule has 2 aromatic carbocycles. The maximum absolute atomic E-state index is 12.4. The summed E-state index contributed by atoms with van der Waals surface area (Å²) in [5, 5.41) is 2.70. The van der Waals surface area contributed by atoms with Gasteiger partial charge in [0.2, 0.25) is 5.91 Å². The molecule has 28 heavy (non-hydrogen) atoms. The molecule has 2 rings (SSSR count). The van der Waals surface area contributed by atoms with E-state index in [4.69, 9.17) is 14.2 Å². The Morgan fingerprint density at radius 1 is 1.04 bits per heavy atom. The summed E-state index contributed by atoms with van der Waals surface area (Å²) < 4.78 is 44.9. The number of benzene rings is 2. The fourth-order valence-electron chi connectivity index (χ4n) is 2.36. The molecule has 0 saturated carbocycles. The van der Waals surface area contributed by atoms with Crippen LogP contribution in [0.1, 0.15) is 12.5 Å². The van der Waals surface area contributed by atoms with Gasteiger partial charge in [0.1, 0.15) is 0 Å². The average Bonchev–Trinajstić information content (AvgIpc) is 2.67. The topological polar surface area (TPSA) is 66.0 Å². The Labute approximate surface area is 161 Å². The van der Waals surface area contributed by atoms with Crippen LogP contribution in [-0.2, 0) is 4.79 Å². The van der Waals surface area contributed by atoms with Crippen molar-refractivity contribution in [1.82, 2.24) is 0 Å². The third kappa shape index (κ3) is 5.87. The third-order valence-electron chi connectivity index (χ3n) is 3.56. The van der Waals surface area contributed by atoms with Crippen molar-refractivity contribution in [2.24, 2.45) is 0 Å². The molecule has 1 N–H and O–H groups in total. The molecule has 0 aliphatic rings. The second-order valence-electron chi connectivity index (χ2n) is 5.41. The van der Waals surface area contributed by atoms with Gasteiger partial charge in [-0.15, -0.1) is 0 Å². The van der Waals surface area contributed by atoms with Crippen LogP contribution in [0.3, 0.4) is 0 Å². The summed E-state index contributed by atoms with van der Waals surface area (Å²) in [5.41, 5.74) is 1.12. The first-order chi connectivity index (χ1) is 13.5. The molecular weight excluding hydrogens is 372 g/mol. The van der Waals surface area contributed by atoms with Crippen LogP contribution < -0.4 is 24.3 Å². The predicted molar refractivity (Wildman–Crippen MR) is 101 cm³/mol. The Hall–Kier alpha value is -3.29. The second kappa shape index (κ2) is 10.1. The summed E-state index contributed by atoms with van der Waals surface area (Å²) in [6, 6.07) is 9.41. The van der Waals surface area contributed by atoms with Crippen molar-refractivity contribution in [1.29, 1.82) is 0 Å². The lowest BCUT2D eigenvalue weighted by Crippen LogP contribution is -2.08. The van der Waals surface area contributed by atoms with Gasteiger partial charge >= 0.3 is 6.61 Å². The highest BCUT2D eigenvalue weighted by molar-refractivity contribution is 6.02. The van der Waals surface area contributed by atoms with Crippen LogP contribution >= 0.6 is 0 Å². The van der Waals surface area contributed by atoms with E-state index >= 15 is 0 Å². The van der Waals surface area contributed by atoms with Crippen LogP contribution in [0.5, 0.6) is 23.0 Å². The first-order valence-electron chi connectivity index (χ1n) is 8.39. The Morgan fingerprint density at radius 3 is 2.39 bits per heavy atom. The van der Waals surface area contributed by atoms with Crippen LogP contribution in [-0.4, -0.2) is 33.3 Å². The molecule has 0 aliphatic heterocycles. The van der Waals surface area contributed by atoms with Crippen molar-refractivity contribution < 1.29 is 32.5 Å². The fourth-order valence-corrected chi connectivity index (χ4v) is 2.36. The molecule has 0 unspecified atom stereocenters. The van der Waals surface area contributed by atoms with Crippen LogP contribution in [0.15, 0.2) is 42.5 Å². The van der Waals surface area contributed by atoms with Crippen LogP contribution in [0.2, 0.25) is 0 Å².